The van der Waals surface area contributed by atoms with E-state index >= 15 is 0 Å². The number of hydrogen-bond acceptors (Lipinski definition) is 2. The maximum atomic E-state index is 9.30. The molecule has 0 amide bonds. The van der Waals surface area contributed by atoms with Gasteiger partial charge in [-0.15, -0.1) is 6.58 Å². The summed E-state index contributed by atoms with van der Waals surface area (Å²) in [5.41, 5.74) is -0.728. The predicted octanol–water partition coefficient (Wildman–Crippen LogP) is 0.880. The van der Waals surface area contributed by atoms with Gasteiger partial charge < -0.3 is 5.11 Å². The van der Waals surface area contributed by atoms with Gasteiger partial charge in [0.25, 0.3) is 0 Å². The van der Waals surface area contributed by atoms with Crippen LogP contribution in [0.25, 0.3) is 0 Å². The van der Waals surface area contributed by atoms with Crippen LogP contribution in [0.1, 0.15) is 20.3 Å². The Morgan fingerprint density at radius 2 is 2.33 bits per heavy atom. The Labute approximate surface area is 56.6 Å². The normalized spacial score (nSPS) is 16.8. The van der Waals surface area contributed by atoms with Crippen LogP contribution in [-0.4, -0.2) is 17.4 Å². The van der Waals surface area contributed by atoms with Crippen molar-refractivity contribution in [2.45, 2.75) is 26.0 Å². The van der Waals surface area contributed by atoms with E-state index in [-0.39, 0.29) is 0 Å². The summed E-state index contributed by atoms with van der Waals surface area (Å²) in [6, 6.07) is 0. The zero-order valence-corrected chi connectivity index (χ0v) is 6.15. The summed E-state index contributed by atoms with van der Waals surface area (Å²) in [7, 11) is 0. The average Bonchev–Trinajstić information content (AvgIpc) is 1.84. The Morgan fingerprint density at radius 3 is 2.67 bits per heavy atom. The highest BCUT2D eigenvalue weighted by molar-refractivity contribution is 4.75. The van der Waals surface area contributed by atoms with Crippen LogP contribution in [0.2, 0.25) is 0 Å². The van der Waals surface area contributed by atoms with Crippen molar-refractivity contribution in [2.24, 2.45) is 0 Å². The summed E-state index contributed by atoms with van der Waals surface area (Å²) in [6.45, 7) is 7.85. The molecule has 1 unspecified atom stereocenters. The molecule has 0 rings (SSSR count). The Kier molecular flexibility index (Phi) is 3.50. The monoisotopic (exact) mass is 129 g/mol. The van der Waals surface area contributed by atoms with Gasteiger partial charge in [0.15, 0.2) is 0 Å². The minimum Gasteiger partial charge on any atom is -0.376 e. The van der Waals surface area contributed by atoms with Gasteiger partial charge in [-0.2, -0.15) is 0 Å². The maximum absolute atomic E-state index is 9.30. The molecular weight excluding hydrogens is 114 g/mol. The molecule has 0 aromatic carbocycles. The van der Waals surface area contributed by atoms with E-state index in [2.05, 4.69) is 11.9 Å². The molecule has 0 aliphatic carbocycles. The van der Waals surface area contributed by atoms with Crippen molar-refractivity contribution in [3.63, 3.8) is 0 Å². The molecule has 2 N–H and O–H groups in total. The summed E-state index contributed by atoms with van der Waals surface area (Å²) in [5, 5.41) is 12.2. The smallest absolute Gasteiger partial charge is 0.113 e. The maximum Gasteiger partial charge on any atom is 0.113 e. The first-order chi connectivity index (χ1) is 4.12. The van der Waals surface area contributed by atoms with Crippen LogP contribution >= 0.6 is 0 Å². The van der Waals surface area contributed by atoms with Crippen molar-refractivity contribution >= 4 is 0 Å². The van der Waals surface area contributed by atoms with E-state index in [9.17, 15) is 5.11 Å². The highest BCUT2D eigenvalue weighted by Crippen LogP contribution is 2.01. The van der Waals surface area contributed by atoms with Crippen molar-refractivity contribution in [2.75, 3.05) is 6.54 Å². The standard InChI is InChI=1S/C7H15NO/c1-4-6-8-7(3,9)5-2/h4,8-9H,1,5-6H2,2-3H3. The Morgan fingerprint density at radius 1 is 1.78 bits per heavy atom. The Balaban J connectivity index is 3.44. The van der Waals surface area contributed by atoms with E-state index in [4.69, 9.17) is 0 Å². The fourth-order valence-corrected chi connectivity index (χ4v) is 0.417. The number of rotatable bonds is 4. The summed E-state index contributed by atoms with van der Waals surface area (Å²) < 4.78 is 0. The molecule has 0 spiro atoms. The predicted molar refractivity (Wildman–Crippen MR) is 39.1 cm³/mol. The largest absolute Gasteiger partial charge is 0.376 e. The topological polar surface area (TPSA) is 32.3 Å². The van der Waals surface area contributed by atoms with Crippen LogP contribution in [0.15, 0.2) is 12.7 Å². The molecular formula is C7H15NO. The van der Waals surface area contributed by atoms with Gasteiger partial charge in [0.1, 0.15) is 5.72 Å². The summed E-state index contributed by atoms with van der Waals surface area (Å²) in [5.74, 6) is 0. The molecule has 54 valence electrons. The average molecular weight is 129 g/mol. The van der Waals surface area contributed by atoms with Gasteiger partial charge >= 0.3 is 0 Å². The van der Waals surface area contributed by atoms with Crippen LogP contribution in [0, 0.1) is 0 Å². The van der Waals surface area contributed by atoms with Gasteiger partial charge in [-0.3, -0.25) is 5.32 Å². The van der Waals surface area contributed by atoms with E-state index in [1.807, 2.05) is 6.92 Å². The van der Waals surface area contributed by atoms with Gasteiger partial charge in [-0.05, 0) is 13.3 Å². The second kappa shape index (κ2) is 3.64. The van der Waals surface area contributed by atoms with E-state index < -0.39 is 5.72 Å². The Hall–Kier alpha value is -0.340. The molecule has 0 saturated carbocycles. The highest BCUT2D eigenvalue weighted by atomic mass is 16.3. The number of aliphatic hydroxyl groups is 1. The fourth-order valence-electron chi connectivity index (χ4n) is 0.417. The minimum atomic E-state index is -0.728. The van der Waals surface area contributed by atoms with Crippen molar-refractivity contribution in [1.29, 1.82) is 0 Å². The molecule has 0 radical (unpaired) electrons. The fraction of sp³-hybridized carbons (Fsp3) is 0.714. The first-order valence-electron chi connectivity index (χ1n) is 3.20. The van der Waals surface area contributed by atoms with Gasteiger partial charge in [0, 0.05) is 6.54 Å². The van der Waals surface area contributed by atoms with Gasteiger partial charge in [0.05, 0.1) is 0 Å². The van der Waals surface area contributed by atoms with Gasteiger partial charge in [-0.25, -0.2) is 0 Å². The molecule has 1 atom stereocenters. The molecule has 0 fully saturated rings. The van der Waals surface area contributed by atoms with Gasteiger partial charge in [0.2, 0.25) is 0 Å². The second-order valence-corrected chi connectivity index (χ2v) is 2.30. The first-order valence-corrected chi connectivity index (χ1v) is 3.20. The minimum absolute atomic E-state index is 0.654. The SMILES string of the molecule is C=CCNC(C)(O)CC. The lowest BCUT2D eigenvalue weighted by Gasteiger charge is -2.21. The van der Waals surface area contributed by atoms with Crippen LogP contribution in [0.3, 0.4) is 0 Å². The molecule has 2 heteroatoms. The molecule has 0 aliphatic heterocycles. The summed E-state index contributed by atoms with van der Waals surface area (Å²) >= 11 is 0. The molecule has 0 aliphatic rings. The zero-order chi connectivity index (χ0) is 7.33. The van der Waals surface area contributed by atoms with Gasteiger partial charge in [-0.1, -0.05) is 13.0 Å². The van der Waals surface area contributed by atoms with Crippen molar-refractivity contribution in [1.82, 2.24) is 5.32 Å². The lowest BCUT2D eigenvalue weighted by atomic mass is 10.2. The highest BCUT2D eigenvalue weighted by Gasteiger charge is 2.13. The third kappa shape index (κ3) is 4.18. The number of nitrogens with one attached hydrogen (secondary N) is 1. The zero-order valence-electron chi connectivity index (χ0n) is 6.15. The number of hydrogen-bond donors (Lipinski definition) is 2. The van der Waals surface area contributed by atoms with E-state index in [1.54, 1.807) is 13.0 Å². The molecule has 2 nitrogen and oxygen atoms in total. The quantitative estimate of drug-likeness (QED) is 0.436. The molecule has 0 aromatic rings. The summed E-state index contributed by atoms with van der Waals surface area (Å²) in [6.07, 6.45) is 2.44. The van der Waals surface area contributed by atoms with Crippen LogP contribution in [0.5, 0.6) is 0 Å². The summed E-state index contributed by atoms with van der Waals surface area (Å²) in [4.78, 5) is 0. The molecule has 0 saturated heterocycles. The lowest BCUT2D eigenvalue weighted by Crippen LogP contribution is -2.41. The van der Waals surface area contributed by atoms with Crippen LogP contribution < -0.4 is 5.32 Å². The first kappa shape index (κ1) is 8.66. The van der Waals surface area contributed by atoms with E-state index in [1.165, 1.54) is 0 Å². The van der Waals surface area contributed by atoms with Crippen LogP contribution in [-0.2, 0) is 0 Å². The second-order valence-electron chi connectivity index (χ2n) is 2.30. The molecule has 9 heavy (non-hydrogen) atoms. The van der Waals surface area contributed by atoms with Crippen molar-refractivity contribution < 1.29 is 5.11 Å². The van der Waals surface area contributed by atoms with Crippen LogP contribution in [0.4, 0.5) is 0 Å². The third-order valence-corrected chi connectivity index (χ3v) is 1.32. The lowest BCUT2D eigenvalue weighted by molar-refractivity contribution is 0.0241. The molecule has 0 bridgehead atoms. The van der Waals surface area contributed by atoms with Crippen molar-refractivity contribution in [3.8, 4) is 0 Å². The van der Waals surface area contributed by atoms with Crippen molar-refractivity contribution in [3.05, 3.63) is 12.7 Å². The third-order valence-electron chi connectivity index (χ3n) is 1.32. The van der Waals surface area contributed by atoms with E-state index in [0.29, 0.717) is 13.0 Å². The van der Waals surface area contributed by atoms with E-state index in [0.717, 1.165) is 0 Å². The molecule has 0 aromatic heterocycles. The molecule has 0 heterocycles. The Bertz CT molecular complexity index is 88.9.